The van der Waals surface area contributed by atoms with Crippen LogP contribution in [0.2, 0.25) is 5.02 Å². The predicted octanol–water partition coefficient (Wildman–Crippen LogP) is 6.47. The summed E-state index contributed by atoms with van der Waals surface area (Å²) >= 11 is 6.54. The topological polar surface area (TPSA) is 112 Å². The quantitative estimate of drug-likeness (QED) is 0.205. The van der Waals surface area contributed by atoms with E-state index in [-0.39, 0.29) is 18.6 Å². The number of carbonyl (C=O) groups is 1. The second-order valence-corrected chi connectivity index (χ2v) is 10.3. The SMILES string of the molecule is CCOc1cc2ncc(C#N)c(Nc3ccc(OCc4ccccn4)c(Cl)c3)c2cc1NC(=O)C=C[C@@H]1CCCN1C. The van der Waals surface area contributed by atoms with E-state index in [1.54, 1.807) is 36.5 Å². The van der Waals surface area contributed by atoms with Gasteiger partial charge in [0.2, 0.25) is 5.91 Å². The molecule has 0 radical (unpaired) electrons. The van der Waals surface area contributed by atoms with Crippen LogP contribution in [0.5, 0.6) is 11.5 Å². The highest BCUT2D eigenvalue weighted by atomic mass is 35.5. The van der Waals surface area contributed by atoms with Crippen molar-refractivity contribution in [3.05, 3.63) is 89.4 Å². The normalized spacial score (nSPS) is 15.0. The standard InChI is InChI=1S/C32H31ClN6O3/c1-3-41-30-17-27-25(16-28(30)38-31(40)12-10-24-8-6-14-39(24)2)32(21(18-34)19-36-27)37-22-9-11-29(26(33)15-22)42-20-23-7-4-5-13-35-23/h4-5,7,9-13,15-17,19,24H,3,6,8,14,20H2,1-2H3,(H,36,37)(H,38,40)/t24-/m0/s1. The fourth-order valence-corrected chi connectivity index (χ4v) is 5.07. The Hall–Kier alpha value is -4.65. The van der Waals surface area contributed by atoms with Crippen molar-refractivity contribution in [2.45, 2.75) is 32.4 Å². The molecular formula is C32H31ClN6O3. The van der Waals surface area contributed by atoms with E-state index < -0.39 is 0 Å². The van der Waals surface area contributed by atoms with E-state index in [2.05, 4.69) is 38.6 Å². The zero-order chi connectivity index (χ0) is 29.5. The molecule has 1 amide bonds. The average Bonchev–Trinajstić information content (AvgIpc) is 3.41. The summed E-state index contributed by atoms with van der Waals surface area (Å²) in [5.74, 6) is 0.740. The molecule has 2 N–H and O–H groups in total. The molecule has 0 unspecified atom stereocenters. The first kappa shape index (κ1) is 28.9. The van der Waals surface area contributed by atoms with Crippen LogP contribution in [0.1, 0.15) is 31.0 Å². The molecule has 0 spiro atoms. The summed E-state index contributed by atoms with van der Waals surface area (Å²) in [6.45, 7) is 3.58. The van der Waals surface area contributed by atoms with Gasteiger partial charge in [-0.15, -0.1) is 0 Å². The van der Waals surface area contributed by atoms with Gasteiger partial charge in [0.1, 0.15) is 24.2 Å². The molecule has 9 nitrogen and oxygen atoms in total. The Kier molecular flexibility index (Phi) is 9.17. The Morgan fingerprint density at radius 3 is 2.79 bits per heavy atom. The van der Waals surface area contributed by atoms with Gasteiger partial charge in [0.05, 0.1) is 39.8 Å². The highest BCUT2D eigenvalue weighted by Gasteiger charge is 2.19. The van der Waals surface area contributed by atoms with Crippen molar-refractivity contribution in [1.29, 1.82) is 5.26 Å². The van der Waals surface area contributed by atoms with Crippen LogP contribution < -0.4 is 20.1 Å². The highest BCUT2D eigenvalue weighted by molar-refractivity contribution is 6.32. The first-order chi connectivity index (χ1) is 20.4. The Bertz CT molecular complexity index is 1650. The zero-order valence-corrected chi connectivity index (χ0v) is 24.2. The van der Waals surface area contributed by atoms with Gasteiger partial charge in [-0.05, 0) is 69.8 Å². The monoisotopic (exact) mass is 582 g/mol. The largest absolute Gasteiger partial charge is 0.492 e. The molecule has 0 bridgehead atoms. The summed E-state index contributed by atoms with van der Waals surface area (Å²) in [7, 11) is 2.06. The molecule has 3 heterocycles. The number of hydrogen-bond donors (Lipinski definition) is 2. The molecule has 1 aliphatic rings. The van der Waals surface area contributed by atoms with Crippen LogP contribution in [-0.2, 0) is 11.4 Å². The smallest absolute Gasteiger partial charge is 0.248 e. The maximum Gasteiger partial charge on any atom is 0.248 e. The van der Waals surface area contributed by atoms with Gasteiger partial charge in [-0.2, -0.15) is 5.26 Å². The lowest BCUT2D eigenvalue weighted by molar-refractivity contribution is -0.112. The highest BCUT2D eigenvalue weighted by Crippen LogP contribution is 2.37. The lowest BCUT2D eigenvalue weighted by Gasteiger charge is -2.17. The van der Waals surface area contributed by atoms with Crippen LogP contribution in [-0.4, -0.2) is 47.0 Å². The molecule has 1 fully saturated rings. The summed E-state index contributed by atoms with van der Waals surface area (Å²) in [4.78, 5) is 23.9. The number of fused-ring (bicyclic) bond motifs is 1. The number of rotatable bonds is 10. The van der Waals surface area contributed by atoms with E-state index in [1.807, 2.05) is 37.3 Å². The zero-order valence-electron chi connectivity index (χ0n) is 23.4. The third kappa shape index (κ3) is 6.79. The van der Waals surface area contributed by atoms with Gasteiger partial charge in [-0.1, -0.05) is 23.7 Å². The van der Waals surface area contributed by atoms with Gasteiger partial charge < -0.3 is 20.1 Å². The molecule has 1 atom stereocenters. The number of likely N-dealkylation sites (tertiary alicyclic amines) is 1. The predicted molar refractivity (Wildman–Crippen MR) is 164 cm³/mol. The van der Waals surface area contributed by atoms with Crippen molar-refractivity contribution in [1.82, 2.24) is 14.9 Å². The number of pyridine rings is 2. The number of hydrogen-bond acceptors (Lipinski definition) is 8. The third-order valence-corrected chi connectivity index (χ3v) is 7.29. The number of aromatic nitrogens is 2. The number of nitrogens with one attached hydrogen (secondary N) is 2. The first-order valence-electron chi connectivity index (χ1n) is 13.7. The van der Waals surface area contributed by atoms with E-state index in [4.69, 9.17) is 21.1 Å². The second kappa shape index (κ2) is 13.3. The Labute approximate surface area is 249 Å². The fourth-order valence-electron chi connectivity index (χ4n) is 4.84. The third-order valence-electron chi connectivity index (χ3n) is 7.00. The summed E-state index contributed by atoms with van der Waals surface area (Å²) in [6.07, 6.45) is 8.85. The minimum Gasteiger partial charge on any atom is -0.492 e. The molecule has 2 aromatic heterocycles. The van der Waals surface area contributed by atoms with Crippen molar-refractivity contribution < 1.29 is 14.3 Å². The molecule has 214 valence electrons. The van der Waals surface area contributed by atoms with E-state index in [0.717, 1.165) is 25.1 Å². The van der Waals surface area contributed by atoms with Crippen LogP contribution >= 0.6 is 11.6 Å². The van der Waals surface area contributed by atoms with E-state index in [0.29, 0.717) is 56.7 Å². The molecule has 10 heteroatoms. The minimum atomic E-state index is -0.261. The maximum absolute atomic E-state index is 12.9. The number of ether oxygens (including phenoxy) is 2. The molecule has 1 aliphatic heterocycles. The van der Waals surface area contributed by atoms with E-state index in [1.165, 1.54) is 6.20 Å². The molecule has 5 rings (SSSR count). The summed E-state index contributed by atoms with van der Waals surface area (Å²) in [5, 5.41) is 17.2. The number of nitrogens with zero attached hydrogens (tertiary/aromatic N) is 4. The van der Waals surface area contributed by atoms with Crippen molar-refractivity contribution >= 4 is 45.5 Å². The summed E-state index contributed by atoms with van der Waals surface area (Å²) in [5.41, 5.74) is 3.38. The van der Waals surface area contributed by atoms with Gasteiger partial charge in [-0.3, -0.25) is 19.7 Å². The van der Waals surface area contributed by atoms with Crippen LogP contribution in [0.15, 0.2) is 73.1 Å². The van der Waals surface area contributed by atoms with Crippen LogP contribution in [0.3, 0.4) is 0 Å². The number of likely N-dealkylation sites (N-methyl/N-ethyl adjacent to an activating group) is 1. The minimum absolute atomic E-state index is 0.246. The molecule has 42 heavy (non-hydrogen) atoms. The first-order valence-corrected chi connectivity index (χ1v) is 14.1. The molecule has 0 saturated carbocycles. The van der Waals surface area contributed by atoms with Crippen molar-refractivity contribution in [3.63, 3.8) is 0 Å². The summed E-state index contributed by atoms with van der Waals surface area (Å²) in [6, 6.07) is 16.9. The number of halogens is 1. The lowest BCUT2D eigenvalue weighted by atomic mass is 10.1. The van der Waals surface area contributed by atoms with Crippen molar-refractivity contribution in [3.8, 4) is 17.6 Å². The van der Waals surface area contributed by atoms with Gasteiger partial charge >= 0.3 is 0 Å². The van der Waals surface area contributed by atoms with Gasteiger partial charge in [0.15, 0.2) is 0 Å². The fraction of sp³-hybridized carbons (Fsp3) is 0.250. The van der Waals surface area contributed by atoms with Gasteiger partial charge in [-0.25, -0.2) is 0 Å². The van der Waals surface area contributed by atoms with E-state index >= 15 is 0 Å². The molecule has 1 saturated heterocycles. The average molecular weight is 583 g/mol. The Morgan fingerprint density at radius 1 is 1.19 bits per heavy atom. The number of nitriles is 1. The summed E-state index contributed by atoms with van der Waals surface area (Å²) < 4.78 is 11.7. The number of amides is 1. The molecule has 2 aromatic carbocycles. The second-order valence-electron chi connectivity index (χ2n) is 9.88. The lowest BCUT2D eigenvalue weighted by Crippen LogP contribution is -2.23. The van der Waals surface area contributed by atoms with Gasteiger partial charge in [0, 0.05) is 41.7 Å². The molecule has 0 aliphatic carbocycles. The van der Waals surface area contributed by atoms with Crippen LogP contribution in [0.25, 0.3) is 10.9 Å². The Balaban J connectivity index is 1.42. The number of benzene rings is 2. The van der Waals surface area contributed by atoms with Crippen LogP contribution in [0, 0.1) is 11.3 Å². The number of anilines is 3. The van der Waals surface area contributed by atoms with E-state index in [9.17, 15) is 10.1 Å². The molecule has 4 aromatic rings. The number of carbonyl (C=O) groups excluding carboxylic acids is 1. The van der Waals surface area contributed by atoms with Gasteiger partial charge in [0.25, 0.3) is 0 Å². The maximum atomic E-state index is 12.9. The van der Waals surface area contributed by atoms with Crippen LogP contribution in [0.4, 0.5) is 17.1 Å². The molecular weight excluding hydrogens is 552 g/mol. The van der Waals surface area contributed by atoms with Crippen molar-refractivity contribution in [2.24, 2.45) is 0 Å². The Morgan fingerprint density at radius 2 is 2.07 bits per heavy atom. The van der Waals surface area contributed by atoms with Crippen molar-refractivity contribution in [2.75, 3.05) is 30.8 Å².